The summed E-state index contributed by atoms with van der Waals surface area (Å²) in [6.07, 6.45) is 3.75. The maximum Gasteiger partial charge on any atom is 0.410 e. The second-order valence-corrected chi connectivity index (χ2v) is 11.1. The number of nitrogens with one attached hydrogen (secondary N) is 1. The van der Waals surface area contributed by atoms with Crippen LogP contribution in [0.15, 0.2) is 36.7 Å². The molecule has 0 spiro atoms. The van der Waals surface area contributed by atoms with E-state index < -0.39 is 5.60 Å². The normalized spacial score (nSPS) is 19.0. The number of nitrogens with zero attached hydrogens (tertiary/aromatic N) is 5. The van der Waals surface area contributed by atoms with Crippen LogP contribution in [-0.2, 0) is 9.53 Å². The van der Waals surface area contributed by atoms with Gasteiger partial charge in [-0.25, -0.2) is 14.3 Å². The van der Waals surface area contributed by atoms with Gasteiger partial charge in [0.15, 0.2) is 0 Å². The van der Waals surface area contributed by atoms with Crippen LogP contribution in [0.2, 0.25) is 0 Å². The number of fused-ring (bicyclic) bond motifs is 1. The molecular weight excluding hydrogens is 484 g/mol. The Labute approximate surface area is 222 Å². The first-order valence-electron chi connectivity index (χ1n) is 13.2. The van der Waals surface area contributed by atoms with Gasteiger partial charge in [-0.3, -0.25) is 4.79 Å². The van der Waals surface area contributed by atoms with E-state index in [0.29, 0.717) is 31.9 Å². The minimum atomic E-state index is -0.494. The van der Waals surface area contributed by atoms with Crippen LogP contribution in [0.5, 0.6) is 5.88 Å². The molecule has 10 heteroatoms. The van der Waals surface area contributed by atoms with Crippen molar-refractivity contribution in [1.29, 1.82) is 0 Å². The van der Waals surface area contributed by atoms with Gasteiger partial charge in [-0.05, 0) is 46.8 Å². The standard InChI is InChI=1S/C28H36N6O4/c1-18-15-30-34-17-23(31-26(25(18)34)37-19(2)21-14-24(35)29-16-21)20-6-8-22(9-7-20)32-10-12-33(13-11-32)27(36)38-28(3,4)5/h6-9,15,17,19,21H,10-14,16H2,1-5H3,(H,29,35)/t19?,21-/m1/s1. The molecule has 2 aliphatic heterocycles. The Morgan fingerprint density at radius 2 is 1.84 bits per heavy atom. The summed E-state index contributed by atoms with van der Waals surface area (Å²) in [6.45, 7) is 13.0. The highest BCUT2D eigenvalue weighted by atomic mass is 16.6. The van der Waals surface area contributed by atoms with Crippen LogP contribution < -0.4 is 15.0 Å². The van der Waals surface area contributed by atoms with Crippen LogP contribution in [0.25, 0.3) is 16.8 Å². The smallest absolute Gasteiger partial charge is 0.410 e. The number of anilines is 1. The predicted octanol–water partition coefficient (Wildman–Crippen LogP) is 3.67. The molecule has 2 amide bonds. The minimum Gasteiger partial charge on any atom is -0.473 e. The van der Waals surface area contributed by atoms with Gasteiger partial charge in [-0.1, -0.05) is 12.1 Å². The highest BCUT2D eigenvalue weighted by Crippen LogP contribution is 2.30. The molecule has 2 fully saturated rings. The van der Waals surface area contributed by atoms with Gasteiger partial charge in [0, 0.05) is 61.9 Å². The number of ether oxygens (including phenoxy) is 2. The average Bonchev–Trinajstić information content (AvgIpc) is 3.49. The number of benzene rings is 1. The van der Waals surface area contributed by atoms with Crippen LogP contribution in [0.3, 0.4) is 0 Å². The Morgan fingerprint density at radius 1 is 1.13 bits per heavy atom. The van der Waals surface area contributed by atoms with E-state index >= 15 is 0 Å². The van der Waals surface area contributed by atoms with Crippen LogP contribution in [0.1, 0.15) is 39.7 Å². The third-order valence-corrected chi connectivity index (χ3v) is 7.08. The molecule has 202 valence electrons. The highest BCUT2D eigenvalue weighted by molar-refractivity contribution is 5.78. The van der Waals surface area contributed by atoms with Crippen molar-refractivity contribution in [1.82, 2.24) is 24.8 Å². The molecule has 1 aromatic carbocycles. The van der Waals surface area contributed by atoms with Gasteiger partial charge >= 0.3 is 6.09 Å². The molecule has 38 heavy (non-hydrogen) atoms. The lowest BCUT2D eigenvalue weighted by molar-refractivity contribution is -0.119. The third-order valence-electron chi connectivity index (χ3n) is 7.08. The molecule has 2 saturated heterocycles. The third kappa shape index (κ3) is 5.54. The molecule has 5 rings (SSSR count). The number of aryl methyl sites for hydroxylation is 1. The number of carbonyl (C=O) groups excluding carboxylic acids is 2. The zero-order valence-corrected chi connectivity index (χ0v) is 22.7. The Balaban J connectivity index is 1.30. The summed E-state index contributed by atoms with van der Waals surface area (Å²) in [7, 11) is 0. The van der Waals surface area contributed by atoms with E-state index in [9.17, 15) is 9.59 Å². The lowest BCUT2D eigenvalue weighted by Crippen LogP contribution is -2.50. The largest absolute Gasteiger partial charge is 0.473 e. The Kier molecular flexibility index (Phi) is 6.90. The molecular formula is C28H36N6O4. The van der Waals surface area contributed by atoms with Crippen LogP contribution in [-0.4, -0.2) is 75.9 Å². The van der Waals surface area contributed by atoms with Crippen molar-refractivity contribution in [2.45, 2.75) is 52.7 Å². The first-order valence-corrected chi connectivity index (χ1v) is 13.2. The molecule has 2 atom stereocenters. The van der Waals surface area contributed by atoms with Crippen molar-refractivity contribution in [2.75, 3.05) is 37.6 Å². The zero-order chi connectivity index (χ0) is 27.0. The van der Waals surface area contributed by atoms with E-state index in [1.54, 1.807) is 11.1 Å². The number of rotatable bonds is 5. The molecule has 2 aliphatic rings. The molecule has 0 aliphatic carbocycles. The molecule has 0 saturated carbocycles. The Bertz CT molecular complexity index is 1320. The van der Waals surface area contributed by atoms with E-state index in [4.69, 9.17) is 14.5 Å². The highest BCUT2D eigenvalue weighted by Gasteiger charge is 2.29. The fourth-order valence-electron chi connectivity index (χ4n) is 4.89. The maximum absolute atomic E-state index is 12.4. The van der Waals surface area contributed by atoms with Gasteiger partial charge in [-0.15, -0.1) is 0 Å². The first kappa shape index (κ1) is 25.8. The summed E-state index contributed by atoms with van der Waals surface area (Å²) >= 11 is 0. The summed E-state index contributed by atoms with van der Waals surface area (Å²) in [4.78, 5) is 33.0. The Hall–Kier alpha value is -3.82. The second kappa shape index (κ2) is 10.2. The zero-order valence-electron chi connectivity index (χ0n) is 22.7. The van der Waals surface area contributed by atoms with Gasteiger partial charge in [0.25, 0.3) is 0 Å². The monoisotopic (exact) mass is 520 g/mol. The van der Waals surface area contributed by atoms with Gasteiger partial charge < -0.3 is 24.6 Å². The summed E-state index contributed by atoms with van der Waals surface area (Å²) in [6, 6.07) is 8.26. The molecule has 0 bridgehead atoms. The SMILES string of the molecule is Cc1cnn2cc(-c3ccc(N4CCN(C(=O)OC(C)(C)C)CC4)cc3)nc(OC(C)[C@H]3CNC(=O)C3)c12. The lowest BCUT2D eigenvalue weighted by atomic mass is 10.0. The number of aromatic nitrogens is 3. The van der Waals surface area contributed by atoms with Crippen molar-refractivity contribution < 1.29 is 19.1 Å². The number of hydrogen-bond acceptors (Lipinski definition) is 7. The topological polar surface area (TPSA) is 101 Å². The summed E-state index contributed by atoms with van der Waals surface area (Å²) in [5.41, 5.74) is 4.12. The summed E-state index contributed by atoms with van der Waals surface area (Å²) in [5.74, 6) is 0.683. The van der Waals surface area contributed by atoms with Crippen molar-refractivity contribution in [3.63, 3.8) is 0 Å². The van der Waals surface area contributed by atoms with Gasteiger partial charge in [-0.2, -0.15) is 5.10 Å². The van der Waals surface area contributed by atoms with Gasteiger partial charge in [0.05, 0.1) is 18.1 Å². The fourth-order valence-corrected chi connectivity index (χ4v) is 4.89. The van der Waals surface area contributed by atoms with E-state index in [1.165, 1.54) is 0 Å². The van der Waals surface area contributed by atoms with Crippen LogP contribution in [0, 0.1) is 12.8 Å². The quantitative estimate of drug-likeness (QED) is 0.548. The predicted molar refractivity (Wildman–Crippen MR) is 144 cm³/mol. The van der Waals surface area contributed by atoms with Crippen molar-refractivity contribution in [3.8, 4) is 17.1 Å². The number of amides is 2. The van der Waals surface area contributed by atoms with Crippen molar-refractivity contribution >= 4 is 23.2 Å². The molecule has 2 aromatic heterocycles. The van der Waals surface area contributed by atoms with Crippen molar-refractivity contribution in [2.24, 2.45) is 5.92 Å². The first-order chi connectivity index (χ1) is 18.1. The second-order valence-electron chi connectivity index (χ2n) is 11.1. The van der Waals surface area contributed by atoms with E-state index in [2.05, 4.69) is 27.4 Å². The van der Waals surface area contributed by atoms with E-state index in [0.717, 1.165) is 41.1 Å². The van der Waals surface area contributed by atoms with Crippen LogP contribution in [0.4, 0.5) is 10.5 Å². The fraction of sp³-hybridized carbons (Fsp3) is 0.500. The molecule has 1 unspecified atom stereocenters. The molecule has 4 heterocycles. The maximum atomic E-state index is 12.4. The molecule has 1 N–H and O–H groups in total. The van der Waals surface area contributed by atoms with Crippen LogP contribution >= 0.6 is 0 Å². The number of carbonyl (C=O) groups is 2. The van der Waals surface area contributed by atoms with Crippen molar-refractivity contribution in [3.05, 3.63) is 42.2 Å². The Morgan fingerprint density at radius 3 is 2.47 bits per heavy atom. The van der Waals surface area contributed by atoms with E-state index in [-0.39, 0.29) is 24.0 Å². The molecule has 0 radical (unpaired) electrons. The number of hydrogen-bond donors (Lipinski definition) is 1. The van der Waals surface area contributed by atoms with Gasteiger partial charge in [0.2, 0.25) is 11.8 Å². The average molecular weight is 521 g/mol. The number of piperazine rings is 1. The minimum absolute atomic E-state index is 0.0594. The summed E-state index contributed by atoms with van der Waals surface area (Å²) < 4.78 is 13.6. The van der Waals surface area contributed by atoms with Gasteiger partial charge in [0.1, 0.15) is 17.2 Å². The van der Waals surface area contributed by atoms with E-state index in [1.807, 2.05) is 57.5 Å². The lowest BCUT2D eigenvalue weighted by Gasteiger charge is -2.36. The summed E-state index contributed by atoms with van der Waals surface area (Å²) in [5, 5.41) is 7.38. The molecule has 3 aromatic rings. The molecule has 10 nitrogen and oxygen atoms in total.